The fourth-order valence-corrected chi connectivity index (χ4v) is 0.478. The van der Waals surface area contributed by atoms with Gasteiger partial charge in [0.25, 0.3) is 0 Å². The molecular formula is C7H14NO. The Morgan fingerprint density at radius 1 is 1.67 bits per heavy atom. The van der Waals surface area contributed by atoms with Crippen molar-refractivity contribution in [2.45, 2.75) is 26.2 Å². The Morgan fingerprint density at radius 2 is 2.33 bits per heavy atom. The standard InChI is InChI=1S/C7H14NO/c1-3-5-6-8-7(9)4-2/h1,3-6H2,2H3,(H,8,9). The summed E-state index contributed by atoms with van der Waals surface area (Å²) in [6.07, 6.45) is 2.45. The average Bonchev–Trinajstić information content (AvgIpc) is 1.89. The molecule has 0 rings (SSSR count). The van der Waals surface area contributed by atoms with Crippen LogP contribution in [0.1, 0.15) is 26.2 Å². The van der Waals surface area contributed by atoms with Crippen LogP contribution in [0.2, 0.25) is 0 Å². The molecule has 2 nitrogen and oxygen atoms in total. The molecule has 0 unspecified atom stereocenters. The van der Waals surface area contributed by atoms with Gasteiger partial charge in [0, 0.05) is 13.0 Å². The third-order valence-electron chi connectivity index (χ3n) is 1.07. The van der Waals surface area contributed by atoms with Crippen LogP contribution in [0.5, 0.6) is 0 Å². The van der Waals surface area contributed by atoms with E-state index in [0.29, 0.717) is 6.42 Å². The SMILES string of the molecule is [CH2]CCCNC(=O)CC. The first-order valence-electron chi connectivity index (χ1n) is 3.37. The summed E-state index contributed by atoms with van der Waals surface area (Å²) in [5.41, 5.74) is 0. The molecule has 1 N–H and O–H groups in total. The van der Waals surface area contributed by atoms with Gasteiger partial charge in [-0.05, 0) is 6.42 Å². The van der Waals surface area contributed by atoms with E-state index in [2.05, 4.69) is 12.2 Å². The van der Waals surface area contributed by atoms with Crippen molar-refractivity contribution in [1.29, 1.82) is 0 Å². The fraction of sp³-hybridized carbons (Fsp3) is 0.714. The van der Waals surface area contributed by atoms with Gasteiger partial charge in [-0.1, -0.05) is 20.3 Å². The minimum absolute atomic E-state index is 0.128. The summed E-state index contributed by atoms with van der Waals surface area (Å²) in [7, 11) is 0. The number of rotatable bonds is 4. The highest BCUT2D eigenvalue weighted by Crippen LogP contribution is 1.82. The number of carbonyl (C=O) groups excluding carboxylic acids is 1. The highest BCUT2D eigenvalue weighted by Gasteiger charge is 1.92. The van der Waals surface area contributed by atoms with Gasteiger partial charge in [0.1, 0.15) is 0 Å². The molecule has 0 aromatic heterocycles. The third-order valence-corrected chi connectivity index (χ3v) is 1.07. The van der Waals surface area contributed by atoms with Crippen molar-refractivity contribution in [3.05, 3.63) is 6.92 Å². The van der Waals surface area contributed by atoms with Crippen molar-refractivity contribution in [3.8, 4) is 0 Å². The maximum absolute atomic E-state index is 10.6. The second-order valence-electron chi connectivity index (χ2n) is 1.91. The van der Waals surface area contributed by atoms with Crippen LogP contribution in [0.3, 0.4) is 0 Å². The van der Waals surface area contributed by atoms with Gasteiger partial charge < -0.3 is 5.32 Å². The van der Waals surface area contributed by atoms with Gasteiger partial charge in [0.15, 0.2) is 0 Å². The second-order valence-corrected chi connectivity index (χ2v) is 1.91. The summed E-state index contributed by atoms with van der Waals surface area (Å²) in [5, 5.41) is 2.75. The fourth-order valence-electron chi connectivity index (χ4n) is 0.478. The Kier molecular flexibility index (Phi) is 5.27. The summed E-state index contributed by atoms with van der Waals surface area (Å²) < 4.78 is 0. The van der Waals surface area contributed by atoms with Crippen LogP contribution in [0.4, 0.5) is 0 Å². The van der Waals surface area contributed by atoms with Crippen molar-refractivity contribution in [2.24, 2.45) is 0 Å². The van der Waals surface area contributed by atoms with Gasteiger partial charge in [0.2, 0.25) is 5.91 Å². The molecule has 0 aliphatic rings. The van der Waals surface area contributed by atoms with E-state index in [9.17, 15) is 4.79 Å². The van der Waals surface area contributed by atoms with E-state index in [1.165, 1.54) is 0 Å². The Morgan fingerprint density at radius 3 is 2.78 bits per heavy atom. The summed E-state index contributed by atoms with van der Waals surface area (Å²) in [4.78, 5) is 10.6. The third kappa shape index (κ3) is 5.34. The zero-order valence-electron chi connectivity index (χ0n) is 5.94. The molecule has 0 aliphatic carbocycles. The van der Waals surface area contributed by atoms with Crippen LogP contribution in [-0.2, 0) is 4.79 Å². The first kappa shape index (κ1) is 8.47. The van der Waals surface area contributed by atoms with E-state index >= 15 is 0 Å². The molecule has 0 aromatic rings. The normalized spacial score (nSPS) is 9.11. The van der Waals surface area contributed by atoms with Crippen LogP contribution in [-0.4, -0.2) is 12.5 Å². The van der Waals surface area contributed by atoms with E-state index in [-0.39, 0.29) is 5.91 Å². The lowest BCUT2D eigenvalue weighted by Gasteiger charge is -1.99. The zero-order chi connectivity index (χ0) is 7.11. The minimum Gasteiger partial charge on any atom is -0.356 e. The maximum Gasteiger partial charge on any atom is 0.219 e. The van der Waals surface area contributed by atoms with Gasteiger partial charge >= 0.3 is 0 Å². The topological polar surface area (TPSA) is 29.1 Å². The van der Waals surface area contributed by atoms with Crippen LogP contribution in [0, 0.1) is 6.92 Å². The molecule has 1 radical (unpaired) electrons. The van der Waals surface area contributed by atoms with Gasteiger partial charge in [-0.2, -0.15) is 0 Å². The molecule has 0 fully saturated rings. The number of hydrogen-bond donors (Lipinski definition) is 1. The summed E-state index contributed by atoms with van der Waals surface area (Å²) >= 11 is 0. The van der Waals surface area contributed by atoms with Gasteiger partial charge in [-0.25, -0.2) is 0 Å². The van der Waals surface area contributed by atoms with E-state index < -0.39 is 0 Å². The lowest BCUT2D eigenvalue weighted by Crippen LogP contribution is -2.22. The molecule has 0 bridgehead atoms. The molecule has 0 aliphatic heterocycles. The number of carbonyl (C=O) groups is 1. The molecule has 0 aromatic carbocycles. The number of hydrogen-bond acceptors (Lipinski definition) is 1. The largest absolute Gasteiger partial charge is 0.356 e. The molecule has 0 spiro atoms. The maximum atomic E-state index is 10.6. The zero-order valence-corrected chi connectivity index (χ0v) is 5.94. The Bertz CT molecular complexity index is 81.0. The predicted octanol–water partition coefficient (Wildman–Crippen LogP) is 1.13. The smallest absolute Gasteiger partial charge is 0.219 e. The molecule has 2 heteroatoms. The van der Waals surface area contributed by atoms with Crippen molar-refractivity contribution >= 4 is 5.91 Å². The highest BCUT2D eigenvalue weighted by molar-refractivity contribution is 5.75. The number of nitrogens with one attached hydrogen (secondary N) is 1. The molecule has 9 heavy (non-hydrogen) atoms. The lowest BCUT2D eigenvalue weighted by molar-refractivity contribution is -0.120. The summed E-state index contributed by atoms with van der Waals surface area (Å²) in [6, 6.07) is 0. The van der Waals surface area contributed by atoms with Crippen LogP contribution in [0.15, 0.2) is 0 Å². The van der Waals surface area contributed by atoms with Crippen molar-refractivity contribution in [1.82, 2.24) is 5.32 Å². The van der Waals surface area contributed by atoms with Gasteiger partial charge in [0.05, 0.1) is 0 Å². The first-order chi connectivity index (χ1) is 4.31. The van der Waals surface area contributed by atoms with Crippen molar-refractivity contribution in [3.63, 3.8) is 0 Å². The highest BCUT2D eigenvalue weighted by atomic mass is 16.1. The quantitative estimate of drug-likeness (QED) is 0.565. The monoisotopic (exact) mass is 128 g/mol. The lowest BCUT2D eigenvalue weighted by atomic mass is 10.3. The summed E-state index contributed by atoms with van der Waals surface area (Å²) in [6.45, 7) is 6.28. The summed E-state index contributed by atoms with van der Waals surface area (Å²) in [5.74, 6) is 0.128. The molecule has 0 atom stereocenters. The van der Waals surface area contributed by atoms with Crippen LogP contribution >= 0.6 is 0 Å². The molecule has 0 saturated carbocycles. The van der Waals surface area contributed by atoms with Crippen LogP contribution < -0.4 is 5.32 Å². The van der Waals surface area contributed by atoms with E-state index in [1.54, 1.807) is 0 Å². The average molecular weight is 128 g/mol. The Labute approximate surface area is 56.6 Å². The van der Waals surface area contributed by atoms with Crippen molar-refractivity contribution < 1.29 is 4.79 Å². The molecule has 1 amide bonds. The molecule has 53 valence electrons. The molecule has 0 heterocycles. The minimum atomic E-state index is 0.128. The first-order valence-corrected chi connectivity index (χ1v) is 3.37. The van der Waals surface area contributed by atoms with Gasteiger partial charge in [-0.15, -0.1) is 0 Å². The van der Waals surface area contributed by atoms with Crippen LogP contribution in [0.25, 0.3) is 0 Å². The number of amides is 1. The van der Waals surface area contributed by atoms with E-state index in [1.807, 2.05) is 6.92 Å². The van der Waals surface area contributed by atoms with E-state index in [4.69, 9.17) is 0 Å². The predicted molar refractivity (Wildman–Crippen MR) is 37.9 cm³/mol. The molecule has 0 saturated heterocycles. The van der Waals surface area contributed by atoms with Gasteiger partial charge in [-0.3, -0.25) is 4.79 Å². The molecular weight excluding hydrogens is 114 g/mol. The Balaban J connectivity index is 2.97. The van der Waals surface area contributed by atoms with Crippen molar-refractivity contribution in [2.75, 3.05) is 6.54 Å². The Hall–Kier alpha value is -0.530. The van der Waals surface area contributed by atoms with E-state index in [0.717, 1.165) is 19.4 Å². The number of unbranched alkanes of at least 4 members (excludes halogenated alkanes) is 1. The second kappa shape index (κ2) is 5.60.